The summed E-state index contributed by atoms with van der Waals surface area (Å²) >= 11 is 0. The summed E-state index contributed by atoms with van der Waals surface area (Å²) < 4.78 is 10.3. The molecule has 0 aliphatic carbocycles. The molecule has 28 heavy (non-hydrogen) atoms. The van der Waals surface area contributed by atoms with E-state index in [2.05, 4.69) is 5.32 Å². The highest BCUT2D eigenvalue weighted by Gasteiger charge is 2.15. The second-order valence-electron chi connectivity index (χ2n) is 5.99. The number of nitro benzene ring substituents is 1. The molecule has 0 aliphatic heterocycles. The fourth-order valence-electron chi connectivity index (χ4n) is 2.63. The number of benzene rings is 2. The molecule has 3 aromatic rings. The Morgan fingerprint density at radius 1 is 1.25 bits per heavy atom. The van der Waals surface area contributed by atoms with Crippen LogP contribution in [0, 0.1) is 17.0 Å². The molecule has 1 amide bonds. The van der Waals surface area contributed by atoms with E-state index in [1.807, 2.05) is 13.0 Å². The summed E-state index contributed by atoms with van der Waals surface area (Å²) in [6.45, 7) is 1.86. The molecule has 8 nitrogen and oxygen atoms in total. The van der Waals surface area contributed by atoms with Crippen LogP contribution in [0.3, 0.4) is 0 Å². The number of fused-ring (bicyclic) bond motifs is 1. The van der Waals surface area contributed by atoms with E-state index in [9.17, 15) is 19.7 Å². The fraction of sp³-hybridized carbons (Fsp3) is 0.100. The zero-order valence-corrected chi connectivity index (χ0v) is 15.1. The van der Waals surface area contributed by atoms with Gasteiger partial charge in [-0.05, 0) is 37.3 Å². The summed E-state index contributed by atoms with van der Waals surface area (Å²) in [6, 6.07) is 9.32. The third-order valence-electron chi connectivity index (χ3n) is 4.01. The van der Waals surface area contributed by atoms with Crippen LogP contribution in [0.25, 0.3) is 17.0 Å². The number of ether oxygens (including phenoxy) is 1. The molecule has 1 aromatic heterocycles. The highest BCUT2D eigenvalue weighted by atomic mass is 16.6. The first kappa shape index (κ1) is 18.8. The monoisotopic (exact) mass is 380 g/mol. The van der Waals surface area contributed by atoms with Crippen LogP contribution in [0.15, 0.2) is 57.9 Å². The zero-order chi connectivity index (χ0) is 20.3. The number of nitro groups is 1. The summed E-state index contributed by atoms with van der Waals surface area (Å²) in [5, 5.41) is 14.0. The highest BCUT2D eigenvalue weighted by Crippen LogP contribution is 2.29. The number of anilines is 1. The van der Waals surface area contributed by atoms with Crippen molar-refractivity contribution < 1.29 is 18.9 Å². The van der Waals surface area contributed by atoms with Crippen molar-refractivity contribution in [3.8, 4) is 5.75 Å². The molecule has 0 spiro atoms. The maximum absolute atomic E-state index is 12.5. The summed E-state index contributed by atoms with van der Waals surface area (Å²) in [6.07, 6.45) is 3.77. The molecule has 0 atom stereocenters. The van der Waals surface area contributed by atoms with Crippen LogP contribution in [-0.2, 0) is 4.79 Å². The van der Waals surface area contributed by atoms with E-state index in [4.69, 9.17) is 9.15 Å². The Kier molecular flexibility index (Phi) is 5.21. The summed E-state index contributed by atoms with van der Waals surface area (Å²) in [7, 11) is 1.32. The Balaban J connectivity index is 1.82. The van der Waals surface area contributed by atoms with Crippen LogP contribution in [-0.4, -0.2) is 17.9 Å². The SMILES string of the molecule is COc1ccc(NC(=O)/C=C/c2coc3ccc(C)cc3c2=O)cc1[N+](=O)[O-]. The van der Waals surface area contributed by atoms with Gasteiger partial charge in [0.1, 0.15) is 11.8 Å². The lowest BCUT2D eigenvalue weighted by atomic mass is 10.1. The van der Waals surface area contributed by atoms with Crippen molar-refractivity contribution in [2.24, 2.45) is 0 Å². The number of hydrogen-bond donors (Lipinski definition) is 1. The van der Waals surface area contributed by atoms with Crippen molar-refractivity contribution in [3.63, 3.8) is 0 Å². The summed E-state index contributed by atoms with van der Waals surface area (Å²) in [5.74, 6) is -0.467. The molecule has 0 saturated heterocycles. The van der Waals surface area contributed by atoms with Crippen molar-refractivity contribution in [3.05, 3.63) is 80.2 Å². The molecule has 142 valence electrons. The Morgan fingerprint density at radius 2 is 2.04 bits per heavy atom. The minimum absolute atomic E-state index is 0.0857. The van der Waals surface area contributed by atoms with E-state index in [1.165, 1.54) is 37.6 Å². The Labute approximate surface area is 159 Å². The van der Waals surface area contributed by atoms with E-state index >= 15 is 0 Å². The molecule has 1 N–H and O–H groups in total. The lowest BCUT2D eigenvalue weighted by Crippen LogP contribution is -2.09. The lowest BCUT2D eigenvalue weighted by molar-refractivity contribution is -0.385. The van der Waals surface area contributed by atoms with Gasteiger partial charge in [-0.25, -0.2) is 0 Å². The van der Waals surface area contributed by atoms with Crippen LogP contribution in [0.2, 0.25) is 0 Å². The molecule has 0 fully saturated rings. The molecule has 0 unspecified atom stereocenters. The van der Waals surface area contributed by atoms with Gasteiger partial charge in [0.05, 0.1) is 23.0 Å². The van der Waals surface area contributed by atoms with Crippen LogP contribution in [0.1, 0.15) is 11.1 Å². The number of nitrogens with zero attached hydrogens (tertiary/aromatic N) is 1. The number of hydrogen-bond acceptors (Lipinski definition) is 6. The Morgan fingerprint density at radius 3 is 2.75 bits per heavy atom. The van der Waals surface area contributed by atoms with Gasteiger partial charge in [0, 0.05) is 17.8 Å². The first-order chi connectivity index (χ1) is 13.4. The van der Waals surface area contributed by atoms with Gasteiger partial charge in [-0.1, -0.05) is 11.6 Å². The first-order valence-corrected chi connectivity index (χ1v) is 8.22. The number of carbonyl (C=O) groups is 1. The van der Waals surface area contributed by atoms with E-state index in [0.29, 0.717) is 11.0 Å². The molecule has 3 rings (SSSR count). The lowest BCUT2D eigenvalue weighted by Gasteiger charge is -2.05. The van der Waals surface area contributed by atoms with Crippen molar-refractivity contribution >= 4 is 34.3 Å². The molecule has 0 radical (unpaired) electrons. The van der Waals surface area contributed by atoms with Gasteiger partial charge in [0.15, 0.2) is 11.2 Å². The predicted octanol–water partition coefficient (Wildman–Crippen LogP) is 3.67. The number of methoxy groups -OCH3 is 1. The van der Waals surface area contributed by atoms with Gasteiger partial charge >= 0.3 is 5.69 Å². The molecular weight excluding hydrogens is 364 g/mol. The third kappa shape index (κ3) is 3.90. The average molecular weight is 380 g/mol. The quantitative estimate of drug-likeness (QED) is 0.411. The van der Waals surface area contributed by atoms with E-state index in [-0.39, 0.29) is 28.1 Å². The minimum atomic E-state index is -0.605. The molecule has 1 heterocycles. The van der Waals surface area contributed by atoms with E-state index in [1.54, 1.807) is 12.1 Å². The van der Waals surface area contributed by atoms with Crippen LogP contribution >= 0.6 is 0 Å². The first-order valence-electron chi connectivity index (χ1n) is 8.22. The van der Waals surface area contributed by atoms with Crippen molar-refractivity contribution in [1.82, 2.24) is 0 Å². The number of carbonyl (C=O) groups excluding carboxylic acids is 1. The van der Waals surface area contributed by atoms with Gasteiger partial charge in [0.2, 0.25) is 5.91 Å². The minimum Gasteiger partial charge on any atom is -0.490 e. The van der Waals surface area contributed by atoms with Crippen LogP contribution < -0.4 is 15.5 Å². The fourth-order valence-corrected chi connectivity index (χ4v) is 2.63. The number of amides is 1. The second-order valence-corrected chi connectivity index (χ2v) is 5.99. The molecule has 0 saturated carbocycles. The van der Waals surface area contributed by atoms with Crippen LogP contribution in [0.4, 0.5) is 11.4 Å². The smallest absolute Gasteiger partial charge is 0.312 e. The zero-order valence-electron chi connectivity index (χ0n) is 15.1. The second kappa shape index (κ2) is 7.75. The third-order valence-corrected chi connectivity index (χ3v) is 4.01. The highest BCUT2D eigenvalue weighted by molar-refractivity contribution is 6.02. The van der Waals surface area contributed by atoms with Crippen molar-refractivity contribution in [2.45, 2.75) is 6.92 Å². The molecule has 0 aliphatic rings. The number of rotatable bonds is 5. The predicted molar refractivity (Wildman–Crippen MR) is 105 cm³/mol. The number of aryl methyl sites for hydroxylation is 1. The molecule has 8 heteroatoms. The van der Waals surface area contributed by atoms with Crippen LogP contribution in [0.5, 0.6) is 5.75 Å². The molecular formula is C20H16N2O6. The Hall–Kier alpha value is -3.94. The number of nitrogens with one attached hydrogen (secondary N) is 1. The Bertz CT molecular complexity index is 1160. The maximum atomic E-state index is 12.5. The van der Waals surface area contributed by atoms with E-state index in [0.717, 1.165) is 11.6 Å². The van der Waals surface area contributed by atoms with Crippen molar-refractivity contribution in [1.29, 1.82) is 0 Å². The summed E-state index contributed by atoms with van der Waals surface area (Å²) in [4.78, 5) is 35.1. The molecule has 2 aromatic carbocycles. The van der Waals surface area contributed by atoms with Gasteiger partial charge in [-0.15, -0.1) is 0 Å². The van der Waals surface area contributed by atoms with Gasteiger partial charge < -0.3 is 14.5 Å². The standard InChI is InChI=1S/C20H16N2O6/c1-12-3-6-17-15(9-12)20(24)13(11-28-17)4-8-19(23)21-14-5-7-18(27-2)16(10-14)22(25)26/h3-11H,1-2H3,(H,21,23)/b8-4+. The van der Waals surface area contributed by atoms with Crippen molar-refractivity contribution in [2.75, 3.05) is 12.4 Å². The largest absolute Gasteiger partial charge is 0.490 e. The van der Waals surface area contributed by atoms with Gasteiger partial charge in [0.25, 0.3) is 0 Å². The molecule has 0 bridgehead atoms. The van der Waals surface area contributed by atoms with E-state index < -0.39 is 10.8 Å². The normalized spacial score (nSPS) is 10.9. The topological polar surface area (TPSA) is 112 Å². The van der Waals surface area contributed by atoms with Gasteiger partial charge in [-0.3, -0.25) is 19.7 Å². The summed E-state index contributed by atoms with van der Waals surface area (Å²) in [5.41, 5.74) is 1.30. The average Bonchev–Trinajstić information content (AvgIpc) is 2.67. The maximum Gasteiger partial charge on any atom is 0.312 e. The van der Waals surface area contributed by atoms with Gasteiger partial charge in [-0.2, -0.15) is 0 Å².